The van der Waals surface area contributed by atoms with Crippen LogP contribution in [0.1, 0.15) is 33.6 Å². The highest BCUT2D eigenvalue weighted by Crippen LogP contribution is 2.43. The van der Waals surface area contributed by atoms with Crippen LogP contribution in [0.2, 0.25) is 58.9 Å². The van der Waals surface area contributed by atoms with E-state index < -0.39 is 57.3 Å². The largest absolute Gasteiger partial charge is 0.516 e. The molecular formula is C20H44O7Si4. The minimum Gasteiger partial charge on any atom is -0.481 e. The van der Waals surface area contributed by atoms with Crippen molar-refractivity contribution in [1.29, 1.82) is 0 Å². The lowest BCUT2D eigenvalue weighted by atomic mass is 10.0. The number of hydrogen-bond acceptors (Lipinski definition) is 6. The van der Waals surface area contributed by atoms with E-state index in [1.54, 1.807) is 0 Å². The van der Waals surface area contributed by atoms with Gasteiger partial charge in [0.15, 0.2) is 30.2 Å². The predicted octanol–water partition coefficient (Wildman–Crippen LogP) is 5.40. The lowest BCUT2D eigenvalue weighted by molar-refractivity contribution is -0.157. The molecule has 0 amide bonds. The van der Waals surface area contributed by atoms with E-state index in [0.717, 1.165) is 0 Å². The van der Waals surface area contributed by atoms with Gasteiger partial charge in [-0.05, 0) is 71.3 Å². The molecule has 0 rings (SSSR count). The van der Waals surface area contributed by atoms with Crippen LogP contribution in [0.4, 0.5) is 0 Å². The maximum Gasteiger partial charge on any atom is 0.516 e. The van der Waals surface area contributed by atoms with Crippen molar-refractivity contribution in [3.63, 3.8) is 0 Å². The van der Waals surface area contributed by atoms with Crippen molar-refractivity contribution < 1.29 is 31.8 Å². The Labute approximate surface area is 193 Å². The summed E-state index contributed by atoms with van der Waals surface area (Å²) >= 11 is 0. The number of carboxylic acid groups (broad SMARTS) is 1. The van der Waals surface area contributed by atoms with Crippen molar-refractivity contribution >= 4 is 45.7 Å². The number of carboxylic acids is 1. The molecule has 0 aliphatic heterocycles. The third-order valence-corrected chi connectivity index (χ3v) is 16.9. The van der Waals surface area contributed by atoms with Crippen molar-refractivity contribution in [1.82, 2.24) is 0 Å². The van der Waals surface area contributed by atoms with Gasteiger partial charge in [0.05, 0.1) is 6.42 Å². The quantitative estimate of drug-likeness (QED) is 0.202. The lowest BCUT2D eigenvalue weighted by Crippen LogP contribution is -2.75. The molecule has 0 aliphatic carbocycles. The summed E-state index contributed by atoms with van der Waals surface area (Å²) in [5.41, 5.74) is -0.108. The van der Waals surface area contributed by atoms with E-state index in [1.165, 1.54) is 0 Å². The van der Waals surface area contributed by atoms with Crippen LogP contribution in [0.5, 0.6) is 0 Å². The van der Waals surface area contributed by atoms with E-state index in [0.29, 0.717) is 6.42 Å². The smallest absolute Gasteiger partial charge is 0.481 e. The maximum absolute atomic E-state index is 13.0. The first-order chi connectivity index (χ1) is 13.6. The summed E-state index contributed by atoms with van der Waals surface area (Å²) in [7, 11) is -10.3. The molecular weight excluding hydrogens is 465 g/mol. The molecule has 0 aromatic carbocycles. The van der Waals surface area contributed by atoms with Gasteiger partial charge in [-0.2, -0.15) is 0 Å². The number of aliphatic carboxylic acids is 1. The number of rotatable bonds is 13. The van der Waals surface area contributed by atoms with Crippen molar-refractivity contribution in [2.24, 2.45) is 5.92 Å². The predicted molar refractivity (Wildman–Crippen MR) is 134 cm³/mol. The Kier molecular flexibility index (Phi) is 10.4. The van der Waals surface area contributed by atoms with Crippen LogP contribution >= 0.6 is 0 Å². The van der Waals surface area contributed by atoms with Crippen molar-refractivity contribution in [3.05, 3.63) is 12.2 Å². The zero-order valence-corrected chi connectivity index (χ0v) is 25.6. The van der Waals surface area contributed by atoms with Gasteiger partial charge in [0.1, 0.15) is 0 Å². The molecule has 0 fully saturated rings. The molecule has 0 aliphatic rings. The van der Waals surface area contributed by atoms with Gasteiger partial charge in [-0.3, -0.25) is 4.79 Å². The summed E-state index contributed by atoms with van der Waals surface area (Å²) in [5, 5.41) is 7.94. The highest BCUT2D eigenvalue weighted by atomic mass is 28.5. The topological polar surface area (TPSA) is 91.3 Å². The van der Waals surface area contributed by atoms with Crippen LogP contribution in [0, 0.1) is 5.92 Å². The molecule has 0 radical (unpaired) electrons. The van der Waals surface area contributed by atoms with Gasteiger partial charge in [-0.15, -0.1) is 0 Å². The summed E-state index contributed by atoms with van der Waals surface area (Å²) in [6.45, 7) is 28.1. The first kappa shape index (κ1) is 30.4. The zero-order valence-electron chi connectivity index (χ0n) is 21.6. The minimum absolute atomic E-state index is 0.108. The number of ether oxygens (including phenoxy) is 1. The first-order valence-corrected chi connectivity index (χ1v) is 22.8. The Balaban J connectivity index is 6.92. The molecule has 11 heteroatoms. The molecule has 0 heterocycles. The lowest BCUT2D eigenvalue weighted by Gasteiger charge is -2.53. The van der Waals surface area contributed by atoms with E-state index in [-0.39, 0.29) is 11.5 Å². The molecule has 0 saturated heterocycles. The van der Waals surface area contributed by atoms with Crippen LogP contribution in [0.3, 0.4) is 0 Å². The molecule has 1 unspecified atom stereocenters. The summed E-state index contributed by atoms with van der Waals surface area (Å²) in [6, 6.07) is 0. The summed E-state index contributed by atoms with van der Waals surface area (Å²) in [4.78, 5) is 24.1. The minimum atomic E-state index is -3.64. The van der Waals surface area contributed by atoms with Gasteiger partial charge in [-0.25, -0.2) is 4.79 Å². The third-order valence-electron chi connectivity index (χ3n) is 4.23. The SMILES string of the molecule is C=C(CC(=O)O)C(=O)OC(CC)(C(C)C)[Si](O[Si](C)(C)C)(O[Si](C)(C)C)O[Si](C)(C)C. The van der Waals surface area contributed by atoms with E-state index >= 15 is 0 Å². The Morgan fingerprint density at radius 2 is 1.23 bits per heavy atom. The van der Waals surface area contributed by atoms with Gasteiger partial charge < -0.3 is 22.2 Å². The Hall–Kier alpha value is -0.572. The second-order valence-electron chi connectivity index (χ2n) is 11.2. The second-order valence-corrected chi connectivity index (χ2v) is 28.2. The van der Waals surface area contributed by atoms with Crippen molar-refractivity contribution in [3.8, 4) is 0 Å². The zero-order chi connectivity index (χ0) is 25.1. The fraction of sp³-hybridized carbons (Fsp3) is 0.800. The van der Waals surface area contributed by atoms with Gasteiger partial charge in [0.25, 0.3) is 0 Å². The normalized spacial score (nSPS) is 15.5. The molecule has 7 nitrogen and oxygen atoms in total. The first-order valence-electron chi connectivity index (χ1n) is 10.8. The van der Waals surface area contributed by atoms with Gasteiger partial charge in [-0.1, -0.05) is 27.4 Å². The summed E-state index contributed by atoms with van der Waals surface area (Å²) in [5.74, 6) is -2.06. The Morgan fingerprint density at radius 1 is 0.871 bits per heavy atom. The molecule has 0 spiro atoms. The molecule has 1 atom stereocenters. The van der Waals surface area contributed by atoms with Crippen molar-refractivity contribution in [2.45, 2.75) is 97.8 Å². The highest BCUT2D eigenvalue weighted by molar-refractivity contribution is 6.91. The van der Waals surface area contributed by atoms with E-state index in [2.05, 4.69) is 65.5 Å². The average molecular weight is 509 g/mol. The molecule has 0 saturated carbocycles. The van der Waals surface area contributed by atoms with Crippen LogP contribution in [-0.2, 0) is 26.7 Å². The molecule has 0 aromatic heterocycles. The van der Waals surface area contributed by atoms with E-state index in [4.69, 9.17) is 22.2 Å². The Bertz CT molecular complexity index is 619. The van der Waals surface area contributed by atoms with E-state index in [1.807, 2.05) is 20.8 Å². The Morgan fingerprint density at radius 3 is 1.45 bits per heavy atom. The van der Waals surface area contributed by atoms with Crippen LogP contribution in [0.15, 0.2) is 12.2 Å². The fourth-order valence-electron chi connectivity index (χ4n) is 3.25. The fourth-order valence-corrected chi connectivity index (χ4v) is 18.0. The van der Waals surface area contributed by atoms with Crippen LogP contribution in [-0.4, -0.2) is 56.0 Å². The standard InChI is InChI=1S/C20H44O7Si4/c1-14-20(16(2)3,24-19(23)17(4)15-18(21)22)31(25-28(5,6)7,26-29(8,9)10)27-30(11,12)13/h16H,4,14-15H2,1-3,5-13H3,(H,21,22). The monoisotopic (exact) mass is 508 g/mol. The third kappa shape index (κ3) is 9.44. The number of carbonyl (C=O) groups excluding carboxylic acids is 1. The molecule has 1 N–H and O–H groups in total. The van der Waals surface area contributed by atoms with Gasteiger partial charge in [0.2, 0.25) is 0 Å². The number of hydrogen-bond donors (Lipinski definition) is 1. The molecule has 31 heavy (non-hydrogen) atoms. The molecule has 182 valence electrons. The maximum atomic E-state index is 13.0. The van der Waals surface area contributed by atoms with Crippen molar-refractivity contribution in [2.75, 3.05) is 0 Å². The number of carbonyl (C=O) groups is 2. The van der Waals surface area contributed by atoms with Gasteiger partial charge in [0, 0.05) is 5.57 Å². The van der Waals surface area contributed by atoms with Crippen LogP contribution in [0.25, 0.3) is 0 Å². The second kappa shape index (κ2) is 10.6. The molecule has 0 aromatic rings. The summed E-state index contributed by atoms with van der Waals surface area (Å²) in [6.07, 6.45) is -0.0632. The van der Waals surface area contributed by atoms with Gasteiger partial charge >= 0.3 is 20.7 Å². The summed E-state index contributed by atoms with van der Waals surface area (Å²) < 4.78 is 26.7. The average Bonchev–Trinajstić information content (AvgIpc) is 2.45. The highest BCUT2D eigenvalue weighted by Gasteiger charge is 2.68. The molecule has 0 bridgehead atoms. The van der Waals surface area contributed by atoms with Crippen LogP contribution < -0.4 is 0 Å². The van der Waals surface area contributed by atoms with E-state index in [9.17, 15) is 9.59 Å². The number of esters is 1.